The average molecular weight is 275 g/mol. The van der Waals surface area contributed by atoms with Crippen molar-refractivity contribution >= 4 is 16.9 Å². The number of H-pyrrole nitrogens is 1. The van der Waals surface area contributed by atoms with Crippen LogP contribution in [-0.2, 0) is 11.3 Å². The summed E-state index contributed by atoms with van der Waals surface area (Å²) < 4.78 is 1.51. The summed E-state index contributed by atoms with van der Waals surface area (Å²) >= 11 is 0. The predicted octanol–water partition coefficient (Wildman–Crippen LogP) is 1.98. The van der Waals surface area contributed by atoms with E-state index in [1.165, 1.54) is 4.57 Å². The molecule has 0 bridgehead atoms. The number of fused-ring (bicyclic) bond motifs is 1. The third-order valence-corrected chi connectivity index (χ3v) is 3.31. The highest BCUT2D eigenvalue weighted by Gasteiger charge is 2.15. The highest BCUT2D eigenvalue weighted by molar-refractivity contribution is 5.80. The summed E-state index contributed by atoms with van der Waals surface area (Å²) in [5.74, 6) is 0.000512. The second-order valence-corrected chi connectivity index (χ2v) is 4.91. The SMILES string of the molecule is CCCN(CCC)C(=O)Cn1c(=O)[nH]c2ccccc21. The Bertz CT molecular complexity index is 636. The van der Waals surface area contributed by atoms with E-state index in [0.29, 0.717) is 0 Å². The minimum Gasteiger partial charge on any atom is -0.341 e. The van der Waals surface area contributed by atoms with E-state index in [0.717, 1.165) is 37.0 Å². The molecular weight excluding hydrogens is 254 g/mol. The number of aromatic nitrogens is 2. The van der Waals surface area contributed by atoms with Crippen molar-refractivity contribution < 1.29 is 4.79 Å². The zero-order valence-corrected chi connectivity index (χ0v) is 12.1. The van der Waals surface area contributed by atoms with Gasteiger partial charge in [0.05, 0.1) is 11.0 Å². The first-order valence-electron chi connectivity index (χ1n) is 7.12. The highest BCUT2D eigenvalue weighted by Crippen LogP contribution is 2.09. The average Bonchev–Trinajstić information content (AvgIpc) is 2.75. The Labute approximate surface area is 118 Å². The normalized spacial score (nSPS) is 10.9. The summed E-state index contributed by atoms with van der Waals surface area (Å²) in [7, 11) is 0. The summed E-state index contributed by atoms with van der Waals surface area (Å²) in [5, 5.41) is 0. The maximum atomic E-state index is 12.3. The lowest BCUT2D eigenvalue weighted by Crippen LogP contribution is -2.37. The van der Waals surface area contributed by atoms with Gasteiger partial charge < -0.3 is 9.88 Å². The molecule has 0 atom stereocenters. The van der Waals surface area contributed by atoms with Crippen LogP contribution in [0.3, 0.4) is 0 Å². The number of nitrogens with zero attached hydrogens (tertiary/aromatic N) is 2. The lowest BCUT2D eigenvalue weighted by molar-refractivity contribution is -0.131. The van der Waals surface area contributed by atoms with E-state index < -0.39 is 0 Å². The fourth-order valence-corrected chi connectivity index (χ4v) is 2.40. The van der Waals surface area contributed by atoms with E-state index in [1.54, 1.807) is 0 Å². The fourth-order valence-electron chi connectivity index (χ4n) is 2.40. The summed E-state index contributed by atoms with van der Waals surface area (Å²) in [5.41, 5.74) is 1.31. The zero-order chi connectivity index (χ0) is 14.5. The van der Waals surface area contributed by atoms with E-state index in [4.69, 9.17) is 0 Å². The first-order chi connectivity index (χ1) is 9.67. The van der Waals surface area contributed by atoms with E-state index in [1.807, 2.05) is 43.0 Å². The first-order valence-corrected chi connectivity index (χ1v) is 7.12. The largest absolute Gasteiger partial charge is 0.341 e. The molecule has 0 saturated heterocycles. The minimum absolute atomic E-state index is 0.000512. The molecule has 1 aromatic carbocycles. The monoisotopic (exact) mass is 275 g/mol. The first kappa shape index (κ1) is 14.4. The van der Waals surface area contributed by atoms with Crippen molar-refractivity contribution in [2.45, 2.75) is 33.2 Å². The number of hydrogen-bond acceptors (Lipinski definition) is 2. The lowest BCUT2D eigenvalue weighted by Gasteiger charge is -2.21. The second-order valence-electron chi connectivity index (χ2n) is 4.91. The molecule has 108 valence electrons. The smallest absolute Gasteiger partial charge is 0.326 e. The minimum atomic E-state index is -0.229. The van der Waals surface area contributed by atoms with Gasteiger partial charge in [0.25, 0.3) is 0 Å². The van der Waals surface area contributed by atoms with Gasteiger partial charge in [-0.05, 0) is 25.0 Å². The molecule has 0 spiro atoms. The van der Waals surface area contributed by atoms with Gasteiger partial charge in [0, 0.05) is 13.1 Å². The Hall–Kier alpha value is -2.04. The zero-order valence-electron chi connectivity index (χ0n) is 12.1. The molecule has 20 heavy (non-hydrogen) atoms. The van der Waals surface area contributed by atoms with Crippen molar-refractivity contribution in [3.8, 4) is 0 Å². The van der Waals surface area contributed by atoms with Gasteiger partial charge in [-0.25, -0.2) is 4.79 Å². The van der Waals surface area contributed by atoms with Gasteiger partial charge in [-0.3, -0.25) is 9.36 Å². The molecule has 0 radical (unpaired) electrons. The number of hydrogen-bond donors (Lipinski definition) is 1. The molecule has 2 aromatic rings. The van der Waals surface area contributed by atoms with Crippen molar-refractivity contribution in [1.29, 1.82) is 0 Å². The molecule has 1 N–H and O–H groups in total. The van der Waals surface area contributed by atoms with Crippen LogP contribution in [0.4, 0.5) is 0 Å². The molecule has 0 unspecified atom stereocenters. The van der Waals surface area contributed by atoms with Crippen LogP contribution in [0.1, 0.15) is 26.7 Å². The lowest BCUT2D eigenvalue weighted by atomic mass is 10.3. The van der Waals surface area contributed by atoms with Gasteiger partial charge in [0.15, 0.2) is 0 Å². The number of benzene rings is 1. The van der Waals surface area contributed by atoms with Crippen molar-refractivity contribution in [3.05, 3.63) is 34.7 Å². The number of para-hydroxylation sites is 2. The third kappa shape index (κ3) is 2.92. The fraction of sp³-hybridized carbons (Fsp3) is 0.467. The van der Waals surface area contributed by atoms with E-state index in [2.05, 4.69) is 4.98 Å². The molecule has 0 aliphatic carbocycles. The quantitative estimate of drug-likeness (QED) is 0.876. The molecule has 0 fully saturated rings. The van der Waals surface area contributed by atoms with Crippen LogP contribution in [-0.4, -0.2) is 33.4 Å². The topological polar surface area (TPSA) is 58.1 Å². The van der Waals surface area contributed by atoms with Gasteiger partial charge in [-0.1, -0.05) is 26.0 Å². The highest BCUT2D eigenvalue weighted by atomic mass is 16.2. The van der Waals surface area contributed by atoms with Crippen molar-refractivity contribution in [2.24, 2.45) is 0 Å². The number of carbonyl (C=O) groups excluding carboxylic acids is 1. The van der Waals surface area contributed by atoms with E-state index in [-0.39, 0.29) is 18.1 Å². The maximum Gasteiger partial charge on any atom is 0.326 e. The molecular formula is C15H21N3O2. The number of aromatic amines is 1. The van der Waals surface area contributed by atoms with Crippen LogP contribution in [0.2, 0.25) is 0 Å². The summed E-state index contributed by atoms with van der Waals surface area (Å²) in [4.78, 5) is 28.9. The summed E-state index contributed by atoms with van der Waals surface area (Å²) in [6.45, 7) is 5.68. The Morgan fingerprint density at radius 2 is 1.85 bits per heavy atom. The maximum absolute atomic E-state index is 12.3. The number of amides is 1. The molecule has 1 amide bonds. The summed E-state index contributed by atoms with van der Waals surface area (Å²) in [6, 6.07) is 7.43. The summed E-state index contributed by atoms with van der Waals surface area (Å²) in [6.07, 6.45) is 1.85. The molecule has 2 rings (SSSR count). The van der Waals surface area contributed by atoms with Crippen molar-refractivity contribution in [3.63, 3.8) is 0 Å². The molecule has 5 heteroatoms. The molecule has 0 saturated carbocycles. The number of rotatable bonds is 6. The molecule has 5 nitrogen and oxygen atoms in total. The van der Waals surface area contributed by atoms with Crippen LogP contribution in [0.5, 0.6) is 0 Å². The van der Waals surface area contributed by atoms with Crippen LogP contribution in [0, 0.1) is 0 Å². The standard InChI is InChI=1S/C15H21N3O2/c1-3-9-17(10-4-2)14(19)11-18-13-8-6-5-7-12(13)16-15(18)20/h5-8H,3-4,9-11H2,1-2H3,(H,16,20). The number of imidazole rings is 1. The van der Waals surface area contributed by atoms with E-state index in [9.17, 15) is 9.59 Å². The molecule has 1 heterocycles. The predicted molar refractivity (Wildman–Crippen MR) is 79.7 cm³/mol. The Balaban J connectivity index is 2.24. The van der Waals surface area contributed by atoms with Crippen molar-refractivity contribution in [1.82, 2.24) is 14.5 Å². The van der Waals surface area contributed by atoms with Gasteiger partial charge in [-0.2, -0.15) is 0 Å². The van der Waals surface area contributed by atoms with Gasteiger partial charge in [-0.15, -0.1) is 0 Å². The van der Waals surface area contributed by atoms with Crippen LogP contribution in [0.15, 0.2) is 29.1 Å². The van der Waals surface area contributed by atoms with Crippen LogP contribution in [0.25, 0.3) is 11.0 Å². The molecule has 0 aliphatic heterocycles. The van der Waals surface area contributed by atoms with Crippen molar-refractivity contribution in [2.75, 3.05) is 13.1 Å². The van der Waals surface area contributed by atoms with Crippen LogP contribution < -0.4 is 5.69 Å². The molecule has 0 aliphatic rings. The Kier molecular flexibility index (Phi) is 4.61. The Morgan fingerprint density at radius 1 is 1.20 bits per heavy atom. The third-order valence-electron chi connectivity index (χ3n) is 3.31. The molecule has 1 aromatic heterocycles. The number of nitrogens with one attached hydrogen (secondary N) is 1. The number of carbonyl (C=O) groups is 1. The second kappa shape index (κ2) is 6.41. The van der Waals surface area contributed by atoms with Gasteiger partial charge in [0.2, 0.25) is 5.91 Å². The van der Waals surface area contributed by atoms with Gasteiger partial charge in [0.1, 0.15) is 6.54 Å². The Morgan fingerprint density at radius 3 is 2.50 bits per heavy atom. The van der Waals surface area contributed by atoms with Crippen LogP contribution >= 0.6 is 0 Å². The van der Waals surface area contributed by atoms with E-state index >= 15 is 0 Å². The van der Waals surface area contributed by atoms with Gasteiger partial charge >= 0.3 is 5.69 Å².